The van der Waals surface area contributed by atoms with Crippen LogP contribution in [0.25, 0.3) is 22.4 Å². The predicted octanol–water partition coefficient (Wildman–Crippen LogP) is 5.64. The normalized spacial score (nSPS) is 18.5. The Balaban J connectivity index is 1.59. The van der Waals surface area contributed by atoms with Crippen molar-refractivity contribution < 1.29 is 8.78 Å². The van der Waals surface area contributed by atoms with Gasteiger partial charge in [0.05, 0.1) is 36.0 Å². The van der Waals surface area contributed by atoms with Crippen LogP contribution < -0.4 is 16.4 Å². The molecule has 0 radical (unpaired) electrons. The summed E-state index contributed by atoms with van der Waals surface area (Å²) < 4.78 is 29.7. The summed E-state index contributed by atoms with van der Waals surface area (Å²) in [6.45, 7) is 10.4. The molecule has 4 N–H and O–H groups in total. The molecule has 1 aromatic carbocycles. The number of nitrogens with two attached hydrogens (primary N) is 2. The van der Waals surface area contributed by atoms with Gasteiger partial charge in [-0.05, 0) is 60.6 Å². The number of hydrogen-bond donors (Lipinski definition) is 2. The highest BCUT2D eigenvalue weighted by Crippen LogP contribution is 2.40. The highest BCUT2D eigenvalue weighted by atomic mass is 19.2. The first-order chi connectivity index (χ1) is 19.5. The lowest BCUT2D eigenvalue weighted by Gasteiger charge is -2.46. The van der Waals surface area contributed by atoms with Gasteiger partial charge in [0.25, 0.3) is 0 Å². The molecule has 4 aromatic rings. The van der Waals surface area contributed by atoms with Crippen molar-refractivity contribution in [1.29, 1.82) is 0 Å². The Kier molecular flexibility index (Phi) is 7.61. The van der Waals surface area contributed by atoms with Gasteiger partial charge in [-0.2, -0.15) is 0 Å². The minimum Gasteiger partial charge on any atom is -0.382 e. The van der Waals surface area contributed by atoms with Crippen LogP contribution in [-0.2, 0) is 6.54 Å². The largest absolute Gasteiger partial charge is 0.382 e. The molecule has 0 spiro atoms. The zero-order chi connectivity index (χ0) is 29.4. The fourth-order valence-electron chi connectivity index (χ4n) is 5.78. The van der Waals surface area contributed by atoms with Gasteiger partial charge in [-0.15, -0.1) is 0 Å². The van der Waals surface area contributed by atoms with Gasteiger partial charge in [-0.1, -0.05) is 39.0 Å². The van der Waals surface area contributed by atoms with Gasteiger partial charge in [0.2, 0.25) is 0 Å². The van der Waals surface area contributed by atoms with Crippen LogP contribution in [0, 0.1) is 17.0 Å². The molecule has 3 aromatic heterocycles. The number of halogens is 2. The van der Waals surface area contributed by atoms with Crippen molar-refractivity contribution in [1.82, 2.24) is 24.5 Å². The molecule has 1 saturated heterocycles. The number of piperidine rings is 1. The van der Waals surface area contributed by atoms with Crippen molar-refractivity contribution in [3.63, 3.8) is 0 Å². The molecular weight excluding hydrogens is 522 g/mol. The zero-order valence-electron chi connectivity index (χ0n) is 23.9. The lowest BCUT2D eigenvalue weighted by atomic mass is 9.70. The second-order valence-electron chi connectivity index (χ2n) is 11.7. The number of benzene rings is 1. The van der Waals surface area contributed by atoms with E-state index in [0.29, 0.717) is 41.3 Å². The van der Waals surface area contributed by atoms with Crippen molar-refractivity contribution in [2.75, 3.05) is 23.7 Å². The number of anilines is 2. The lowest BCUT2D eigenvalue weighted by molar-refractivity contribution is 0.326. The van der Waals surface area contributed by atoms with Crippen molar-refractivity contribution in [3.05, 3.63) is 84.1 Å². The number of rotatable bonds is 6. The summed E-state index contributed by atoms with van der Waals surface area (Å²) >= 11 is 0. The summed E-state index contributed by atoms with van der Waals surface area (Å²) in [6.07, 6.45) is 12.9. The van der Waals surface area contributed by atoms with Gasteiger partial charge in [0.1, 0.15) is 11.8 Å². The molecule has 1 aliphatic rings. The topological polar surface area (TPSA) is 112 Å². The van der Waals surface area contributed by atoms with E-state index in [1.54, 1.807) is 12.5 Å². The van der Waals surface area contributed by atoms with E-state index in [0.717, 1.165) is 42.8 Å². The third-order valence-electron chi connectivity index (χ3n) is 7.62. The summed E-state index contributed by atoms with van der Waals surface area (Å²) in [5.74, 6) is -1.52. The number of aromatic nitrogens is 5. The number of fused-ring (bicyclic) bond motifs is 1. The summed E-state index contributed by atoms with van der Waals surface area (Å²) in [5.41, 5.74) is 17.7. The highest BCUT2D eigenvalue weighted by molar-refractivity contribution is 5.81. The van der Waals surface area contributed by atoms with Crippen molar-refractivity contribution in [3.8, 4) is 11.3 Å². The third-order valence-corrected chi connectivity index (χ3v) is 7.62. The zero-order valence-corrected chi connectivity index (χ0v) is 23.9. The molecule has 0 amide bonds. The number of pyridine rings is 1. The predicted molar refractivity (Wildman–Crippen MR) is 159 cm³/mol. The molecule has 5 rings (SSSR count). The second kappa shape index (κ2) is 11.0. The first-order valence-corrected chi connectivity index (χ1v) is 13.7. The van der Waals surface area contributed by atoms with Crippen molar-refractivity contribution in [2.24, 2.45) is 11.1 Å². The highest BCUT2D eigenvalue weighted by Gasteiger charge is 2.40. The summed E-state index contributed by atoms with van der Waals surface area (Å²) in [4.78, 5) is 19.8. The van der Waals surface area contributed by atoms with E-state index in [4.69, 9.17) is 11.5 Å². The average Bonchev–Trinajstić information content (AvgIpc) is 3.33. The van der Waals surface area contributed by atoms with Crippen LogP contribution in [0.2, 0.25) is 0 Å². The molecule has 41 heavy (non-hydrogen) atoms. The fraction of sp³-hybridized carbons (Fsp3) is 0.355. The van der Waals surface area contributed by atoms with E-state index in [-0.39, 0.29) is 5.41 Å². The molecule has 0 unspecified atom stereocenters. The first kappa shape index (κ1) is 28.4. The van der Waals surface area contributed by atoms with Crippen LogP contribution in [-0.4, -0.2) is 43.1 Å². The minimum atomic E-state index is -0.922. The molecule has 10 heteroatoms. The van der Waals surface area contributed by atoms with Gasteiger partial charge in [-0.25, -0.2) is 23.7 Å². The molecular formula is C31H36F2N8. The lowest BCUT2D eigenvalue weighted by Crippen LogP contribution is -2.57. The Hall–Kier alpha value is -4.18. The number of nitrogen functional groups attached to an aromatic ring is 1. The molecule has 1 atom stereocenters. The maximum absolute atomic E-state index is 14.1. The molecule has 1 aliphatic heterocycles. The molecule has 0 bridgehead atoms. The van der Waals surface area contributed by atoms with Crippen LogP contribution in [0.3, 0.4) is 0 Å². The first-order valence-electron chi connectivity index (χ1n) is 13.7. The van der Waals surface area contributed by atoms with E-state index in [1.807, 2.05) is 23.6 Å². The van der Waals surface area contributed by atoms with Gasteiger partial charge in [-0.3, -0.25) is 4.98 Å². The fourth-order valence-corrected chi connectivity index (χ4v) is 5.78. The molecule has 8 nitrogen and oxygen atoms in total. The minimum absolute atomic E-state index is 0.121. The third kappa shape index (κ3) is 5.69. The standard InChI is InChI=1S/C31H36F2N8/c1-5-6-8-26(30(2,3)4)31(35)11-7-12-40(17-31)25-15-36-24(20-9-10-22(32)23(33)13-20)14-21(25)16-41-19-39-27-28(34)37-18-38-29(27)41/h5-6,8-10,13-15,18-19H,7,11-12,16-17,35H2,1-4H3,(H2,34,37,38)/b6-5-,26-8+/t31-/m1/s1. The van der Waals surface area contributed by atoms with Gasteiger partial charge >= 0.3 is 0 Å². The van der Waals surface area contributed by atoms with Crippen molar-refractivity contribution in [2.45, 2.75) is 52.6 Å². The summed E-state index contributed by atoms with van der Waals surface area (Å²) in [5, 5.41) is 0. The van der Waals surface area contributed by atoms with Gasteiger partial charge < -0.3 is 20.9 Å². The SMILES string of the molecule is C/C=C\C=C(/C(C)(C)C)[C@@]1(N)CCCN(c2cnc(-c3ccc(F)c(F)c3)cc2Cn2cnc3c(N)ncnc32)C1. The summed E-state index contributed by atoms with van der Waals surface area (Å²) in [7, 11) is 0. The smallest absolute Gasteiger partial charge is 0.165 e. The molecule has 0 saturated carbocycles. The summed E-state index contributed by atoms with van der Waals surface area (Å²) in [6, 6.07) is 5.71. The number of imidazole rings is 1. The Bertz CT molecular complexity index is 1640. The van der Waals surface area contributed by atoms with Crippen LogP contribution in [0.1, 0.15) is 46.1 Å². The Labute approximate surface area is 238 Å². The Morgan fingerprint density at radius 2 is 1.90 bits per heavy atom. The average molecular weight is 559 g/mol. The second-order valence-corrected chi connectivity index (χ2v) is 11.7. The Morgan fingerprint density at radius 3 is 2.63 bits per heavy atom. The Morgan fingerprint density at radius 1 is 1.10 bits per heavy atom. The van der Waals surface area contributed by atoms with Gasteiger partial charge in [0.15, 0.2) is 23.1 Å². The van der Waals surface area contributed by atoms with E-state index in [9.17, 15) is 8.78 Å². The van der Waals surface area contributed by atoms with Crippen LogP contribution in [0.5, 0.6) is 0 Å². The van der Waals surface area contributed by atoms with E-state index < -0.39 is 17.2 Å². The molecule has 214 valence electrons. The molecule has 1 fully saturated rings. The maximum Gasteiger partial charge on any atom is 0.165 e. The number of allylic oxidation sites excluding steroid dienone is 3. The number of hydrogen-bond acceptors (Lipinski definition) is 7. The van der Waals surface area contributed by atoms with E-state index in [2.05, 4.69) is 57.8 Å². The van der Waals surface area contributed by atoms with Crippen LogP contribution in [0.4, 0.5) is 20.3 Å². The van der Waals surface area contributed by atoms with Crippen LogP contribution in [0.15, 0.2) is 66.9 Å². The number of nitrogens with zero attached hydrogens (tertiary/aromatic N) is 6. The maximum atomic E-state index is 14.1. The molecule has 4 heterocycles. The van der Waals surface area contributed by atoms with E-state index >= 15 is 0 Å². The van der Waals surface area contributed by atoms with E-state index in [1.165, 1.54) is 18.0 Å². The quantitative estimate of drug-likeness (QED) is 0.295. The van der Waals surface area contributed by atoms with Crippen LogP contribution >= 0.6 is 0 Å². The monoisotopic (exact) mass is 558 g/mol. The van der Waals surface area contributed by atoms with Crippen molar-refractivity contribution >= 4 is 22.7 Å². The van der Waals surface area contributed by atoms with Gasteiger partial charge in [0, 0.05) is 18.7 Å². The molecule has 0 aliphatic carbocycles.